The van der Waals surface area contributed by atoms with Gasteiger partial charge in [-0.2, -0.15) is 0 Å². The number of carbonyl (C=O) groups excluding carboxylic acids is 1. The molecule has 1 aromatic heterocycles. The summed E-state index contributed by atoms with van der Waals surface area (Å²) in [6.45, 7) is 0. The van der Waals surface area contributed by atoms with Crippen LogP contribution in [0.15, 0.2) is 28.9 Å². The maximum absolute atomic E-state index is 12.9. The molecule has 7 heteroatoms. The summed E-state index contributed by atoms with van der Waals surface area (Å²) in [5, 5.41) is 2.24. The molecule has 0 saturated carbocycles. The minimum absolute atomic E-state index is 0.165. The summed E-state index contributed by atoms with van der Waals surface area (Å²) in [6, 6.07) is 2.90. The summed E-state index contributed by atoms with van der Waals surface area (Å²) in [4.78, 5) is 14.3. The Kier molecular flexibility index (Phi) is 3.42. The molecule has 0 spiro atoms. The number of aromatic nitrogens is 1. The fourth-order valence-electron chi connectivity index (χ4n) is 1.33. The van der Waals surface area contributed by atoms with Gasteiger partial charge in [-0.25, -0.2) is 13.2 Å². The van der Waals surface area contributed by atoms with Crippen LogP contribution in [0, 0.1) is 17.5 Å². The topological polar surface area (TPSA) is 44.9 Å². The van der Waals surface area contributed by atoms with Gasteiger partial charge in [0.25, 0.3) is 5.91 Å². The van der Waals surface area contributed by atoms with E-state index in [1.54, 1.807) is 0 Å². The van der Waals surface area contributed by atoms with E-state index in [0.29, 0.717) is 16.6 Å². The summed E-state index contributed by atoms with van der Waals surface area (Å²) in [5.74, 6) is -4.89. The van der Waals surface area contributed by atoms with Crippen LogP contribution >= 0.6 is 15.9 Å². The van der Waals surface area contributed by atoms with Crippen LogP contribution in [0.2, 0.25) is 0 Å². The Bertz CT molecular complexity index is 589. The molecule has 2 rings (SSSR count). The molecule has 3 nitrogen and oxygen atoms in total. The summed E-state index contributed by atoms with van der Waals surface area (Å²) in [7, 11) is 0. The lowest BCUT2D eigenvalue weighted by Crippen LogP contribution is -2.13. The molecule has 0 fully saturated rings. The van der Waals surface area contributed by atoms with Crippen molar-refractivity contribution < 1.29 is 18.0 Å². The molecular weight excluding hydrogens is 313 g/mol. The van der Waals surface area contributed by atoms with Crippen LogP contribution in [-0.4, -0.2) is 10.9 Å². The van der Waals surface area contributed by atoms with Crippen LogP contribution in [0.4, 0.5) is 18.9 Å². The van der Waals surface area contributed by atoms with Crippen LogP contribution in [-0.2, 0) is 0 Å². The second-order valence-electron chi connectivity index (χ2n) is 3.44. The van der Waals surface area contributed by atoms with Gasteiger partial charge >= 0.3 is 0 Å². The highest BCUT2D eigenvalue weighted by molar-refractivity contribution is 9.10. The molecule has 1 amide bonds. The average Bonchev–Trinajstić information content (AvgIpc) is 2.72. The molecule has 0 radical (unpaired) electrons. The lowest BCUT2D eigenvalue weighted by molar-refractivity contribution is 0.102. The minimum Gasteiger partial charge on any atom is -0.356 e. The number of benzene rings is 1. The lowest BCUT2D eigenvalue weighted by Gasteiger charge is -2.05. The van der Waals surface area contributed by atoms with E-state index < -0.39 is 23.4 Å². The second kappa shape index (κ2) is 4.85. The molecule has 1 heterocycles. The smallest absolute Gasteiger partial charge is 0.272 e. The first-order valence-electron chi connectivity index (χ1n) is 4.77. The monoisotopic (exact) mass is 318 g/mol. The van der Waals surface area contributed by atoms with Crippen LogP contribution in [0.25, 0.3) is 0 Å². The molecule has 2 aromatic rings. The predicted octanol–water partition coefficient (Wildman–Crippen LogP) is 3.45. The van der Waals surface area contributed by atoms with Gasteiger partial charge in [0.15, 0.2) is 17.5 Å². The Morgan fingerprint density at radius 3 is 2.28 bits per heavy atom. The number of aromatic amines is 1. The number of anilines is 1. The van der Waals surface area contributed by atoms with Crippen molar-refractivity contribution in [3.63, 3.8) is 0 Å². The van der Waals surface area contributed by atoms with Crippen molar-refractivity contribution >= 4 is 27.5 Å². The quantitative estimate of drug-likeness (QED) is 0.818. The Labute approximate surface area is 108 Å². The third kappa shape index (κ3) is 2.56. The standard InChI is InChI=1S/C11H6BrF3N2O/c12-5-1-9(16-4-5)11(18)17-6-2-7(13)10(15)8(14)3-6/h1-4,16H,(H,17,18). The molecule has 0 atom stereocenters. The van der Waals surface area contributed by atoms with Crippen LogP contribution < -0.4 is 5.32 Å². The van der Waals surface area contributed by atoms with Crippen molar-refractivity contribution in [3.05, 3.63) is 52.0 Å². The normalized spacial score (nSPS) is 10.4. The number of hydrogen-bond acceptors (Lipinski definition) is 1. The first-order chi connectivity index (χ1) is 8.47. The van der Waals surface area contributed by atoms with E-state index in [4.69, 9.17) is 0 Å². The summed E-state index contributed by atoms with van der Waals surface area (Å²) < 4.78 is 39.2. The largest absolute Gasteiger partial charge is 0.356 e. The highest BCUT2D eigenvalue weighted by Crippen LogP contribution is 2.18. The van der Waals surface area contributed by atoms with Crippen molar-refractivity contribution in [3.8, 4) is 0 Å². The maximum Gasteiger partial charge on any atom is 0.272 e. The molecular formula is C11H6BrF3N2O. The summed E-state index contributed by atoms with van der Waals surface area (Å²) in [6.07, 6.45) is 1.53. The molecule has 0 saturated heterocycles. The van der Waals surface area contributed by atoms with Crippen molar-refractivity contribution in [1.82, 2.24) is 4.98 Å². The van der Waals surface area contributed by atoms with E-state index in [0.717, 1.165) is 0 Å². The highest BCUT2D eigenvalue weighted by atomic mass is 79.9. The Balaban J connectivity index is 2.22. The number of H-pyrrole nitrogens is 1. The molecule has 1 aromatic carbocycles. The van der Waals surface area contributed by atoms with Gasteiger partial charge in [0, 0.05) is 28.5 Å². The minimum atomic E-state index is -1.57. The zero-order valence-electron chi connectivity index (χ0n) is 8.73. The van der Waals surface area contributed by atoms with Gasteiger partial charge in [0.1, 0.15) is 5.69 Å². The van der Waals surface area contributed by atoms with E-state index >= 15 is 0 Å². The van der Waals surface area contributed by atoms with Crippen LogP contribution in [0.5, 0.6) is 0 Å². The van der Waals surface area contributed by atoms with Crippen LogP contribution in [0.1, 0.15) is 10.5 Å². The summed E-state index contributed by atoms with van der Waals surface area (Å²) in [5.41, 5.74) is 0.0362. The molecule has 0 aliphatic heterocycles. The number of amides is 1. The fraction of sp³-hybridized carbons (Fsp3) is 0. The SMILES string of the molecule is O=C(Nc1cc(F)c(F)c(F)c1)c1cc(Br)c[nH]1. The number of hydrogen-bond donors (Lipinski definition) is 2. The van der Waals surface area contributed by atoms with Crippen molar-refractivity contribution in [2.24, 2.45) is 0 Å². The van der Waals surface area contributed by atoms with Crippen molar-refractivity contribution in [2.45, 2.75) is 0 Å². The van der Waals surface area contributed by atoms with Gasteiger partial charge in [-0.1, -0.05) is 0 Å². The van der Waals surface area contributed by atoms with Crippen molar-refractivity contribution in [1.29, 1.82) is 0 Å². The molecule has 2 N–H and O–H groups in total. The van der Waals surface area contributed by atoms with E-state index in [1.807, 2.05) is 0 Å². The molecule has 0 bridgehead atoms. The average molecular weight is 319 g/mol. The van der Waals surface area contributed by atoms with Gasteiger partial charge < -0.3 is 10.3 Å². The number of nitrogens with one attached hydrogen (secondary N) is 2. The second-order valence-corrected chi connectivity index (χ2v) is 4.36. The van der Waals surface area contributed by atoms with Gasteiger partial charge in [0.05, 0.1) is 0 Å². The molecule has 18 heavy (non-hydrogen) atoms. The first kappa shape index (κ1) is 12.7. The zero-order valence-corrected chi connectivity index (χ0v) is 10.3. The molecule has 0 aliphatic rings. The first-order valence-corrected chi connectivity index (χ1v) is 5.56. The Hall–Kier alpha value is -1.76. The predicted molar refractivity (Wildman–Crippen MR) is 62.8 cm³/mol. The van der Waals surface area contributed by atoms with E-state index in [9.17, 15) is 18.0 Å². The van der Waals surface area contributed by atoms with Crippen molar-refractivity contribution in [2.75, 3.05) is 5.32 Å². The molecule has 94 valence electrons. The fourth-order valence-corrected chi connectivity index (χ4v) is 1.67. The number of rotatable bonds is 2. The van der Waals surface area contributed by atoms with Crippen LogP contribution in [0.3, 0.4) is 0 Å². The summed E-state index contributed by atoms with van der Waals surface area (Å²) >= 11 is 3.14. The van der Waals surface area contributed by atoms with E-state index in [1.165, 1.54) is 12.3 Å². The third-order valence-electron chi connectivity index (χ3n) is 2.13. The number of halogens is 4. The van der Waals surface area contributed by atoms with E-state index in [2.05, 4.69) is 26.2 Å². The number of carbonyl (C=O) groups is 1. The maximum atomic E-state index is 12.9. The van der Waals surface area contributed by atoms with Gasteiger partial charge in [-0.15, -0.1) is 0 Å². The Morgan fingerprint density at radius 2 is 1.78 bits per heavy atom. The lowest BCUT2D eigenvalue weighted by atomic mass is 10.2. The zero-order chi connectivity index (χ0) is 13.3. The van der Waals surface area contributed by atoms with E-state index in [-0.39, 0.29) is 11.4 Å². The third-order valence-corrected chi connectivity index (χ3v) is 2.59. The van der Waals surface area contributed by atoms with Gasteiger partial charge in [-0.05, 0) is 22.0 Å². The molecule has 0 unspecified atom stereocenters. The van der Waals surface area contributed by atoms with Gasteiger partial charge in [-0.3, -0.25) is 4.79 Å². The molecule has 0 aliphatic carbocycles. The Morgan fingerprint density at radius 1 is 1.17 bits per heavy atom. The van der Waals surface area contributed by atoms with Gasteiger partial charge in [0.2, 0.25) is 0 Å². The highest BCUT2D eigenvalue weighted by Gasteiger charge is 2.13.